The molecule has 0 saturated heterocycles. The van der Waals surface area contributed by atoms with Crippen molar-refractivity contribution in [2.75, 3.05) is 13.7 Å². The molecule has 0 radical (unpaired) electrons. The zero-order valence-corrected chi connectivity index (χ0v) is 13.7. The van der Waals surface area contributed by atoms with Gasteiger partial charge in [-0.2, -0.15) is 0 Å². The average molecular weight is 340 g/mol. The molecule has 0 fully saturated rings. The largest absolute Gasteiger partial charge is 0.466 e. The highest BCUT2D eigenvalue weighted by Gasteiger charge is 2.37. The maximum atomic E-state index is 12.3. The molecule has 0 aromatic heterocycles. The maximum absolute atomic E-state index is 12.3. The van der Waals surface area contributed by atoms with Crippen molar-refractivity contribution in [1.82, 2.24) is 10.2 Å². The highest BCUT2D eigenvalue weighted by Crippen LogP contribution is 2.22. The van der Waals surface area contributed by atoms with Crippen molar-refractivity contribution in [1.29, 1.82) is 0 Å². The second-order valence-electron chi connectivity index (χ2n) is 5.29. The van der Waals surface area contributed by atoms with Gasteiger partial charge in [-0.25, -0.2) is 4.79 Å². The lowest BCUT2D eigenvalue weighted by molar-refractivity contribution is -0.146. The minimum absolute atomic E-state index is 0.105. The SMILES string of the molecule is C#CC(/C=C/CN1C(=O)c2ccccc2C1=O)(NC(C)=O)C(=O)OC. The van der Waals surface area contributed by atoms with Gasteiger partial charge in [0.05, 0.1) is 18.2 Å². The molecule has 0 spiro atoms. The molecule has 128 valence electrons. The number of benzene rings is 1. The van der Waals surface area contributed by atoms with Gasteiger partial charge in [0, 0.05) is 13.5 Å². The monoisotopic (exact) mass is 340 g/mol. The Morgan fingerprint density at radius 1 is 1.28 bits per heavy atom. The van der Waals surface area contributed by atoms with Crippen LogP contribution < -0.4 is 5.32 Å². The van der Waals surface area contributed by atoms with Crippen LogP contribution >= 0.6 is 0 Å². The Bertz CT molecular complexity index is 786. The number of hydrogen-bond acceptors (Lipinski definition) is 5. The van der Waals surface area contributed by atoms with Gasteiger partial charge in [-0.1, -0.05) is 24.1 Å². The van der Waals surface area contributed by atoms with E-state index in [0.717, 1.165) is 12.0 Å². The van der Waals surface area contributed by atoms with Crippen molar-refractivity contribution in [3.05, 3.63) is 47.5 Å². The third-order valence-corrected chi connectivity index (χ3v) is 3.64. The molecule has 1 aliphatic heterocycles. The Kier molecular flexibility index (Phi) is 5.03. The van der Waals surface area contributed by atoms with E-state index in [2.05, 4.69) is 16.0 Å². The minimum Gasteiger partial charge on any atom is -0.466 e. The molecule has 1 aliphatic rings. The van der Waals surface area contributed by atoms with E-state index >= 15 is 0 Å². The fourth-order valence-electron chi connectivity index (χ4n) is 2.48. The molecule has 1 aromatic rings. The van der Waals surface area contributed by atoms with Crippen LogP contribution in [-0.2, 0) is 14.3 Å². The van der Waals surface area contributed by atoms with Gasteiger partial charge in [-0.3, -0.25) is 19.3 Å². The summed E-state index contributed by atoms with van der Waals surface area (Å²) in [6.07, 6.45) is 7.98. The summed E-state index contributed by atoms with van der Waals surface area (Å²) < 4.78 is 4.63. The lowest BCUT2D eigenvalue weighted by atomic mass is 10.00. The van der Waals surface area contributed by atoms with Crippen molar-refractivity contribution in [3.63, 3.8) is 0 Å². The summed E-state index contributed by atoms with van der Waals surface area (Å²) >= 11 is 0. The Labute approximate surface area is 144 Å². The molecule has 0 bridgehead atoms. The molecular formula is C18H16N2O5. The lowest BCUT2D eigenvalue weighted by Gasteiger charge is -2.23. The zero-order chi connectivity index (χ0) is 18.6. The molecule has 1 aromatic carbocycles. The summed E-state index contributed by atoms with van der Waals surface area (Å²) in [7, 11) is 1.13. The lowest BCUT2D eigenvalue weighted by Crippen LogP contribution is -2.52. The molecule has 1 unspecified atom stereocenters. The van der Waals surface area contributed by atoms with Crippen LogP contribution in [0.2, 0.25) is 0 Å². The van der Waals surface area contributed by atoms with Gasteiger partial charge in [-0.05, 0) is 18.2 Å². The number of esters is 1. The molecule has 0 aliphatic carbocycles. The standard InChI is InChI=1S/C18H16N2O5/c1-4-18(17(24)25-3,19-12(2)21)10-7-11-20-15(22)13-8-5-6-9-14(13)16(20)23/h1,5-10H,11H2,2-3H3,(H,19,21)/b10-7+. The van der Waals surface area contributed by atoms with Gasteiger partial charge in [0.2, 0.25) is 11.4 Å². The fourth-order valence-corrected chi connectivity index (χ4v) is 2.48. The number of imide groups is 1. The molecule has 3 amide bonds. The molecule has 1 atom stereocenters. The summed E-state index contributed by atoms with van der Waals surface area (Å²) in [5.41, 5.74) is -1.17. The first kappa shape index (κ1) is 17.9. The van der Waals surface area contributed by atoms with Gasteiger partial charge >= 0.3 is 5.97 Å². The number of methoxy groups -OCH3 is 1. The number of fused-ring (bicyclic) bond motifs is 1. The van der Waals surface area contributed by atoms with Crippen LogP contribution in [0.5, 0.6) is 0 Å². The highest BCUT2D eigenvalue weighted by molar-refractivity contribution is 6.21. The summed E-state index contributed by atoms with van der Waals surface area (Å²) in [5, 5.41) is 2.33. The first-order valence-corrected chi connectivity index (χ1v) is 7.34. The number of nitrogens with zero attached hydrogens (tertiary/aromatic N) is 1. The Balaban J connectivity index is 2.23. The summed E-state index contributed by atoms with van der Waals surface area (Å²) in [4.78, 5) is 48.9. The smallest absolute Gasteiger partial charge is 0.348 e. The van der Waals surface area contributed by atoms with Crippen LogP contribution in [0.1, 0.15) is 27.6 Å². The predicted octanol–water partition coefficient (Wildman–Crippen LogP) is 0.520. The third kappa shape index (κ3) is 3.28. The number of amides is 3. The van der Waals surface area contributed by atoms with Crippen LogP contribution in [0.25, 0.3) is 0 Å². The van der Waals surface area contributed by atoms with Crippen molar-refractivity contribution < 1.29 is 23.9 Å². The second kappa shape index (κ2) is 7.01. The molecule has 7 nitrogen and oxygen atoms in total. The normalized spacial score (nSPS) is 15.5. The van der Waals surface area contributed by atoms with E-state index in [-0.39, 0.29) is 6.54 Å². The van der Waals surface area contributed by atoms with Gasteiger partial charge in [-0.15, -0.1) is 6.42 Å². The van der Waals surface area contributed by atoms with Crippen molar-refractivity contribution in [2.45, 2.75) is 12.5 Å². The predicted molar refractivity (Wildman–Crippen MR) is 88.3 cm³/mol. The molecular weight excluding hydrogens is 324 g/mol. The zero-order valence-electron chi connectivity index (χ0n) is 13.7. The van der Waals surface area contributed by atoms with Crippen LogP contribution in [0, 0.1) is 12.3 Å². The maximum Gasteiger partial charge on any atom is 0.348 e. The number of ether oxygens (including phenoxy) is 1. The van der Waals surface area contributed by atoms with E-state index < -0.39 is 29.2 Å². The quantitative estimate of drug-likeness (QED) is 0.365. The second-order valence-corrected chi connectivity index (χ2v) is 5.29. The molecule has 1 heterocycles. The van der Waals surface area contributed by atoms with Crippen LogP contribution in [0.3, 0.4) is 0 Å². The minimum atomic E-state index is -1.81. The van der Waals surface area contributed by atoms with Crippen LogP contribution in [0.4, 0.5) is 0 Å². The number of nitrogens with one attached hydrogen (secondary N) is 1. The van der Waals surface area contributed by atoms with Crippen LogP contribution in [0.15, 0.2) is 36.4 Å². The summed E-state index contributed by atoms with van der Waals surface area (Å²) in [5.74, 6) is -0.0822. The van der Waals surface area contributed by atoms with Gasteiger partial charge < -0.3 is 10.1 Å². The number of rotatable bonds is 5. The number of carbonyl (C=O) groups is 4. The van der Waals surface area contributed by atoms with E-state index in [1.807, 2.05) is 0 Å². The summed E-state index contributed by atoms with van der Waals surface area (Å²) in [6, 6.07) is 6.47. The molecule has 25 heavy (non-hydrogen) atoms. The van der Waals surface area contributed by atoms with Gasteiger partial charge in [0.25, 0.3) is 11.8 Å². The number of terminal acetylenes is 1. The van der Waals surface area contributed by atoms with E-state index in [4.69, 9.17) is 6.42 Å². The average Bonchev–Trinajstić information content (AvgIpc) is 2.85. The van der Waals surface area contributed by atoms with E-state index in [1.54, 1.807) is 24.3 Å². The fraction of sp³-hybridized carbons (Fsp3) is 0.222. The Morgan fingerprint density at radius 3 is 2.28 bits per heavy atom. The van der Waals surface area contributed by atoms with E-state index in [0.29, 0.717) is 11.1 Å². The first-order valence-electron chi connectivity index (χ1n) is 7.34. The third-order valence-electron chi connectivity index (χ3n) is 3.64. The van der Waals surface area contributed by atoms with Gasteiger partial charge in [0.15, 0.2) is 0 Å². The van der Waals surface area contributed by atoms with Crippen molar-refractivity contribution >= 4 is 23.7 Å². The molecule has 1 N–H and O–H groups in total. The van der Waals surface area contributed by atoms with Crippen molar-refractivity contribution in [2.24, 2.45) is 0 Å². The van der Waals surface area contributed by atoms with E-state index in [1.165, 1.54) is 19.1 Å². The molecule has 0 saturated carbocycles. The topological polar surface area (TPSA) is 92.8 Å². The molecule has 7 heteroatoms. The van der Waals surface area contributed by atoms with Crippen LogP contribution in [-0.4, -0.2) is 47.8 Å². The first-order chi connectivity index (χ1) is 11.9. The Hall–Kier alpha value is -3.40. The Morgan fingerprint density at radius 2 is 1.84 bits per heavy atom. The number of carbonyl (C=O) groups excluding carboxylic acids is 4. The van der Waals surface area contributed by atoms with E-state index in [9.17, 15) is 19.2 Å². The van der Waals surface area contributed by atoms with Gasteiger partial charge in [0.1, 0.15) is 0 Å². The summed E-state index contributed by atoms with van der Waals surface area (Å²) in [6.45, 7) is 1.10. The molecule has 2 rings (SSSR count). The number of hydrogen-bond donors (Lipinski definition) is 1. The highest BCUT2D eigenvalue weighted by atomic mass is 16.5. The van der Waals surface area contributed by atoms with Crippen molar-refractivity contribution in [3.8, 4) is 12.3 Å².